The van der Waals surface area contributed by atoms with Gasteiger partial charge in [-0.2, -0.15) is 0 Å². The molecule has 0 radical (unpaired) electrons. The largest absolute Gasteiger partial charge is 0.337 e. The highest BCUT2D eigenvalue weighted by Gasteiger charge is 2.37. The second-order valence-corrected chi connectivity index (χ2v) is 6.07. The average Bonchev–Trinajstić information content (AvgIpc) is 3.17. The number of hydrogen-bond acceptors (Lipinski definition) is 4. The van der Waals surface area contributed by atoms with Crippen LogP contribution in [0.3, 0.4) is 0 Å². The number of carbonyl (C=O) groups is 1. The van der Waals surface area contributed by atoms with Gasteiger partial charge in [0.25, 0.3) is 0 Å². The van der Waals surface area contributed by atoms with E-state index in [0.717, 1.165) is 31.5 Å². The minimum Gasteiger partial charge on any atom is -0.337 e. The van der Waals surface area contributed by atoms with E-state index < -0.39 is 0 Å². The zero-order chi connectivity index (χ0) is 15.5. The van der Waals surface area contributed by atoms with Gasteiger partial charge < -0.3 is 10.2 Å². The maximum Gasteiger partial charge on any atom is 0.241 e. The van der Waals surface area contributed by atoms with Crippen molar-refractivity contribution in [2.75, 3.05) is 20.1 Å². The second-order valence-electron chi connectivity index (χ2n) is 6.07. The molecule has 3 rings (SSSR count). The summed E-state index contributed by atoms with van der Waals surface area (Å²) < 4.78 is 13.0. The summed E-state index contributed by atoms with van der Waals surface area (Å²) in [7, 11) is 1.92. The molecule has 0 aromatic heterocycles. The molecule has 2 aliphatic heterocycles. The molecule has 1 aromatic rings. The zero-order valence-corrected chi connectivity index (χ0v) is 14.0. The van der Waals surface area contributed by atoms with Crippen LogP contribution in [0.2, 0.25) is 0 Å². The van der Waals surface area contributed by atoms with Crippen molar-refractivity contribution in [3.63, 3.8) is 0 Å². The van der Waals surface area contributed by atoms with Gasteiger partial charge in [-0.05, 0) is 44.0 Å². The topological polar surface area (TPSA) is 56.4 Å². The van der Waals surface area contributed by atoms with Gasteiger partial charge in [0.15, 0.2) is 0 Å². The Hall–Kier alpha value is -1.21. The Bertz CT molecular complexity index is 527. The standard InChI is InChI=1S/C16H23FN4O.ClH/c1-18-10-13-3-2-8-21(13)16(22)15-9-14(19-20-15)11-4-6-12(17)7-5-11;/h4-7,13-15,18-20H,2-3,8-10H2,1H3;1H. The van der Waals surface area contributed by atoms with Gasteiger partial charge in [0.05, 0.1) is 0 Å². The van der Waals surface area contributed by atoms with Crippen molar-refractivity contribution in [2.45, 2.75) is 37.4 Å². The first-order chi connectivity index (χ1) is 10.7. The molecule has 1 amide bonds. The first-order valence-corrected chi connectivity index (χ1v) is 7.90. The summed E-state index contributed by atoms with van der Waals surface area (Å²) in [6, 6.07) is 6.56. The molecule has 23 heavy (non-hydrogen) atoms. The normalized spacial score (nSPS) is 27.0. The van der Waals surface area contributed by atoms with Gasteiger partial charge in [0.2, 0.25) is 5.91 Å². The minimum absolute atomic E-state index is 0. The molecule has 7 heteroatoms. The molecule has 5 nitrogen and oxygen atoms in total. The average molecular weight is 343 g/mol. The predicted molar refractivity (Wildman–Crippen MR) is 89.7 cm³/mol. The second kappa shape index (κ2) is 8.06. The van der Waals surface area contributed by atoms with Crippen LogP contribution in [-0.4, -0.2) is 43.0 Å². The van der Waals surface area contributed by atoms with Crippen molar-refractivity contribution in [2.24, 2.45) is 0 Å². The first-order valence-electron chi connectivity index (χ1n) is 7.90. The number of nitrogens with one attached hydrogen (secondary N) is 3. The summed E-state index contributed by atoms with van der Waals surface area (Å²) in [5.74, 6) is -0.0795. The highest BCUT2D eigenvalue weighted by atomic mass is 35.5. The van der Waals surface area contributed by atoms with Gasteiger partial charge in [-0.3, -0.25) is 4.79 Å². The van der Waals surface area contributed by atoms with Crippen LogP contribution in [0.25, 0.3) is 0 Å². The predicted octanol–water partition coefficient (Wildman–Crippen LogP) is 1.37. The Labute approximate surface area is 142 Å². The van der Waals surface area contributed by atoms with Crippen LogP contribution in [0.1, 0.15) is 30.9 Å². The van der Waals surface area contributed by atoms with Gasteiger partial charge in [0.1, 0.15) is 11.9 Å². The van der Waals surface area contributed by atoms with E-state index in [-0.39, 0.29) is 36.2 Å². The molecule has 0 bridgehead atoms. The van der Waals surface area contributed by atoms with Crippen molar-refractivity contribution in [1.82, 2.24) is 21.1 Å². The van der Waals surface area contributed by atoms with Gasteiger partial charge in [0, 0.05) is 25.2 Å². The number of halogens is 2. The number of benzene rings is 1. The minimum atomic E-state index is -0.241. The van der Waals surface area contributed by atoms with Crippen LogP contribution in [0, 0.1) is 5.82 Å². The molecule has 0 aliphatic carbocycles. The SMILES string of the molecule is CNCC1CCCN1C(=O)C1CC(c2ccc(F)cc2)NN1.Cl. The van der Waals surface area contributed by atoms with Crippen molar-refractivity contribution >= 4 is 18.3 Å². The number of hydrogen-bond donors (Lipinski definition) is 3. The fraction of sp³-hybridized carbons (Fsp3) is 0.562. The van der Waals surface area contributed by atoms with Crippen LogP contribution in [-0.2, 0) is 4.79 Å². The van der Waals surface area contributed by atoms with E-state index in [0.29, 0.717) is 12.5 Å². The van der Waals surface area contributed by atoms with E-state index in [9.17, 15) is 9.18 Å². The maximum absolute atomic E-state index is 13.0. The van der Waals surface area contributed by atoms with Gasteiger partial charge in [-0.25, -0.2) is 15.2 Å². The fourth-order valence-electron chi connectivity index (χ4n) is 3.41. The van der Waals surface area contributed by atoms with Crippen LogP contribution >= 0.6 is 12.4 Å². The van der Waals surface area contributed by atoms with Crippen LogP contribution < -0.4 is 16.2 Å². The Morgan fingerprint density at radius 2 is 2.09 bits per heavy atom. The molecule has 3 atom stereocenters. The molecule has 2 heterocycles. The Kier molecular flexibility index (Phi) is 6.35. The molecule has 0 saturated carbocycles. The lowest BCUT2D eigenvalue weighted by atomic mass is 10.0. The molecule has 128 valence electrons. The van der Waals surface area contributed by atoms with Crippen molar-refractivity contribution in [1.29, 1.82) is 0 Å². The monoisotopic (exact) mass is 342 g/mol. The van der Waals surface area contributed by atoms with Crippen LogP contribution in [0.15, 0.2) is 24.3 Å². The molecular weight excluding hydrogens is 319 g/mol. The third-order valence-corrected chi connectivity index (χ3v) is 4.57. The lowest BCUT2D eigenvalue weighted by molar-refractivity contribution is -0.133. The number of amides is 1. The number of nitrogens with zero attached hydrogens (tertiary/aromatic N) is 1. The van der Waals surface area contributed by atoms with Crippen molar-refractivity contribution < 1.29 is 9.18 Å². The number of likely N-dealkylation sites (N-methyl/N-ethyl adjacent to an activating group) is 1. The van der Waals surface area contributed by atoms with E-state index in [2.05, 4.69) is 16.2 Å². The zero-order valence-electron chi connectivity index (χ0n) is 13.2. The molecule has 0 spiro atoms. The summed E-state index contributed by atoms with van der Waals surface area (Å²) in [4.78, 5) is 14.7. The highest BCUT2D eigenvalue weighted by Crippen LogP contribution is 2.25. The molecule has 3 N–H and O–H groups in total. The quantitative estimate of drug-likeness (QED) is 0.773. The van der Waals surface area contributed by atoms with Gasteiger partial charge in [-0.1, -0.05) is 12.1 Å². The summed E-state index contributed by atoms with van der Waals surface area (Å²) in [6.45, 7) is 1.68. The van der Waals surface area contributed by atoms with Crippen molar-refractivity contribution in [3.05, 3.63) is 35.6 Å². The number of hydrazine groups is 1. The molecule has 2 fully saturated rings. The third-order valence-electron chi connectivity index (χ3n) is 4.57. The first kappa shape index (κ1) is 18.1. The number of likely N-dealkylation sites (tertiary alicyclic amines) is 1. The van der Waals surface area contributed by atoms with Crippen molar-refractivity contribution in [3.8, 4) is 0 Å². The summed E-state index contributed by atoms with van der Waals surface area (Å²) >= 11 is 0. The summed E-state index contributed by atoms with van der Waals surface area (Å²) in [5.41, 5.74) is 7.26. The van der Waals surface area contributed by atoms with E-state index >= 15 is 0 Å². The molecule has 2 saturated heterocycles. The smallest absolute Gasteiger partial charge is 0.241 e. The highest BCUT2D eigenvalue weighted by molar-refractivity contribution is 5.85. The maximum atomic E-state index is 13.0. The van der Waals surface area contributed by atoms with E-state index in [1.54, 1.807) is 12.1 Å². The van der Waals surface area contributed by atoms with Crippen LogP contribution in [0.5, 0.6) is 0 Å². The molecular formula is C16H24ClFN4O. The van der Waals surface area contributed by atoms with E-state index in [4.69, 9.17) is 0 Å². The molecule has 3 unspecified atom stereocenters. The van der Waals surface area contributed by atoms with Crippen LogP contribution in [0.4, 0.5) is 4.39 Å². The summed E-state index contributed by atoms with van der Waals surface area (Å²) in [6.07, 6.45) is 2.82. The fourth-order valence-corrected chi connectivity index (χ4v) is 3.41. The lowest BCUT2D eigenvalue weighted by Gasteiger charge is -2.27. The number of rotatable bonds is 4. The van der Waals surface area contributed by atoms with Gasteiger partial charge in [-0.15, -0.1) is 12.4 Å². The summed E-state index contributed by atoms with van der Waals surface area (Å²) in [5, 5.41) is 3.16. The Morgan fingerprint density at radius 3 is 2.78 bits per heavy atom. The number of carbonyl (C=O) groups excluding carboxylic acids is 1. The molecule has 2 aliphatic rings. The third kappa shape index (κ3) is 4.01. The van der Waals surface area contributed by atoms with E-state index in [1.165, 1.54) is 12.1 Å². The Morgan fingerprint density at radius 1 is 1.35 bits per heavy atom. The van der Waals surface area contributed by atoms with Gasteiger partial charge >= 0.3 is 0 Å². The molecule has 1 aromatic carbocycles. The lowest BCUT2D eigenvalue weighted by Crippen LogP contribution is -2.49. The van der Waals surface area contributed by atoms with E-state index in [1.807, 2.05) is 11.9 Å². The Balaban J connectivity index is 0.00000192.